The van der Waals surface area contributed by atoms with Gasteiger partial charge in [0.15, 0.2) is 0 Å². The second-order valence-corrected chi connectivity index (χ2v) is 6.61. The summed E-state index contributed by atoms with van der Waals surface area (Å²) in [5.41, 5.74) is -0.0809. The highest BCUT2D eigenvalue weighted by Crippen LogP contribution is 2.14. The van der Waals surface area contributed by atoms with E-state index in [1.807, 2.05) is 0 Å². The first-order valence-corrected chi connectivity index (χ1v) is 8.12. The third-order valence-electron chi connectivity index (χ3n) is 3.20. The normalized spacial score (nSPS) is 12.2. The number of nitrogens with one attached hydrogen (secondary N) is 2. The molecule has 1 rings (SSSR count). The van der Waals surface area contributed by atoms with Gasteiger partial charge in [-0.3, -0.25) is 14.9 Å². The fourth-order valence-electron chi connectivity index (χ4n) is 2.05. The molecule has 0 fully saturated rings. The van der Waals surface area contributed by atoms with Crippen LogP contribution in [0.5, 0.6) is 0 Å². The van der Waals surface area contributed by atoms with Crippen LogP contribution in [-0.2, 0) is 20.7 Å². The lowest BCUT2D eigenvalue weighted by Crippen LogP contribution is -2.49. The minimum atomic E-state index is -0.886. The fourth-order valence-corrected chi connectivity index (χ4v) is 2.05. The summed E-state index contributed by atoms with van der Waals surface area (Å²) in [6, 6.07) is 4.91. The summed E-state index contributed by atoms with van der Waals surface area (Å²) in [5, 5.41) is 15.9. The molecule has 9 heteroatoms. The summed E-state index contributed by atoms with van der Waals surface area (Å²) >= 11 is 0. The summed E-state index contributed by atoms with van der Waals surface area (Å²) in [6.45, 7) is 5.79. The molecule has 0 aliphatic heterocycles. The molecule has 1 aromatic carbocycles. The zero-order valence-electron chi connectivity index (χ0n) is 15.4. The maximum atomic E-state index is 12.4. The van der Waals surface area contributed by atoms with Gasteiger partial charge in [0.05, 0.1) is 11.5 Å². The molecule has 0 saturated heterocycles. The van der Waals surface area contributed by atoms with Gasteiger partial charge < -0.3 is 20.1 Å². The molecule has 0 unspecified atom stereocenters. The van der Waals surface area contributed by atoms with Gasteiger partial charge in [0.2, 0.25) is 5.91 Å². The van der Waals surface area contributed by atoms with E-state index in [0.717, 1.165) is 0 Å². The molecule has 9 nitrogen and oxygen atoms in total. The molecule has 0 spiro atoms. The van der Waals surface area contributed by atoms with Crippen molar-refractivity contribution in [2.45, 2.75) is 38.8 Å². The van der Waals surface area contributed by atoms with Gasteiger partial charge in [-0.05, 0) is 26.3 Å². The van der Waals surface area contributed by atoms with Crippen molar-refractivity contribution in [1.29, 1.82) is 0 Å². The van der Waals surface area contributed by atoms with Gasteiger partial charge in [-0.1, -0.05) is 12.1 Å². The number of methoxy groups -OCH3 is 1. The minimum absolute atomic E-state index is 0.0463. The Morgan fingerprint density at radius 3 is 2.35 bits per heavy atom. The van der Waals surface area contributed by atoms with Crippen molar-refractivity contribution in [3.05, 3.63) is 39.9 Å². The Bertz CT molecular complexity index is 624. The topological polar surface area (TPSA) is 120 Å². The highest BCUT2D eigenvalue weighted by Gasteiger charge is 2.24. The number of rotatable bonds is 8. The second kappa shape index (κ2) is 9.71. The number of nitro groups is 1. The zero-order chi connectivity index (χ0) is 19.7. The number of benzene rings is 1. The van der Waals surface area contributed by atoms with Crippen molar-refractivity contribution in [3.8, 4) is 0 Å². The monoisotopic (exact) mass is 367 g/mol. The number of amides is 2. The van der Waals surface area contributed by atoms with Crippen LogP contribution in [0.3, 0.4) is 0 Å². The molecule has 0 radical (unpaired) electrons. The van der Waals surface area contributed by atoms with E-state index in [1.54, 1.807) is 32.9 Å². The summed E-state index contributed by atoms with van der Waals surface area (Å²) < 4.78 is 10.1. The van der Waals surface area contributed by atoms with Crippen LogP contribution in [0.1, 0.15) is 26.3 Å². The second-order valence-electron chi connectivity index (χ2n) is 6.61. The smallest absolute Gasteiger partial charge is 0.408 e. The van der Waals surface area contributed by atoms with Crippen LogP contribution in [0.2, 0.25) is 0 Å². The number of nitrogens with zero attached hydrogens (tertiary/aromatic N) is 1. The van der Waals surface area contributed by atoms with Crippen molar-refractivity contribution in [2.75, 3.05) is 20.3 Å². The van der Waals surface area contributed by atoms with E-state index in [2.05, 4.69) is 10.6 Å². The van der Waals surface area contributed by atoms with Gasteiger partial charge in [0, 0.05) is 32.2 Å². The van der Waals surface area contributed by atoms with Crippen LogP contribution in [0.25, 0.3) is 0 Å². The number of non-ortho nitro benzene ring substituents is 1. The molecule has 0 aliphatic rings. The number of hydrogen-bond acceptors (Lipinski definition) is 6. The molecule has 26 heavy (non-hydrogen) atoms. The zero-order valence-corrected chi connectivity index (χ0v) is 15.4. The summed E-state index contributed by atoms with van der Waals surface area (Å²) in [4.78, 5) is 34.6. The van der Waals surface area contributed by atoms with Crippen molar-refractivity contribution >= 4 is 17.7 Å². The standard InChI is InChI=1S/C17H25N3O6/c1-17(2,3)26-16(22)19-14(15(21)18-9-10-25-4)11-12-5-7-13(8-6-12)20(23)24/h5-8,14H,9-11H2,1-4H3,(H,18,21)(H,19,22)/t14-/m0/s1. The third kappa shape index (κ3) is 7.93. The predicted molar refractivity (Wildman–Crippen MR) is 94.8 cm³/mol. The minimum Gasteiger partial charge on any atom is -0.444 e. The van der Waals surface area contributed by atoms with E-state index in [4.69, 9.17) is 9.47 Å². The number of nitro benzene ring substituents is 1. The van der Waals surface area contributed by atoms with Gasteiger partial charge in [0.1, 0.15) is 11.6 Å². The van der Waals surface area contributed by atoms with Crippen molar-refractivity contribution in [2.24, 2.45) is 0 Å². The van der Waals surface area contributed by atoms with Crippen LogP contribution in [-0.4, -0.2) is 48.8 Å². The first kappa shape index (κ1) is 21.4. The van der Waals surface area contributed by atoms with Gasteiger partial charge in [-0.25, -0.2) is 4.79 Å². The molecule has 0 aromatic heterocycles. The van der Waals surface area contributed by atoms with Crippen LogP contribution >= 0.6 is 0 Å². The number of ether oxygens (including phenoxy) is 2. The Morgan fingerprint density at radius 1 is 1.23 bits per heavy atom. The van der Waals surface area contributed by atoms with Gasteiger partial charge in [0.25, 0.3) is 5.69 Å². The molecule has 1 aromatic rings. The average molecular weight is 367 g/mol. The number of carbonyl (C=O) groups excluding carboxylic acids is 2. The fraction of sp³-hybridized carbons (Fsp3) is 0.529. The first-order valence-electron chi connectivity index (χ1n) is 8.12. The summed E-state index contributed by atoms with van der Waals surface area (Å²) in [5.74, 6) is -0.397. The lowest BCUT2D eigenvalue weighted by atomic mass is 10.0. The van der Waals surface area contributed by atoms with E-state index in [-0.39, 0.29) is 12.1 Å². The number of carbonyl (C=O) groups is 2. The maximum absolute atomic E-state index is 12.4. The molecule has 0 aliphatic carbocycles. The Kier molecular flexibility index (Phi) is 7.98. The maximum Gasteiger partial charge on any atom is 0.408 e. The van der Waals surface area contributed by atoms with Gasteiger partial charge in [-0.2, -0.15) is 0 Å². The van der Waals surface area contributed by atoms with Crippen molar-refractivity contribution in [3.63, 3.8) is 0 Å². The molecule has 2 amide bonds. The van der Waals surface area contributed by atoms with Crippen LogP contribution < -0.4 is 10.6 Å². The Labute approximate surface area is 152 Å². The van der Waals surface area contributed by atoms with Crippen LogP contribution in [0.15, 0.2) is 24.3 Å². The van der Waals surface area contributed by atoms with Crippen LogP contribution in [0.4, 0.5) is 10.5 Å². The molecule has 0 bridgehead atoms. The van der Waals surface area contributed by atoms with Gasteiger partial charge in [-0.15, -0.1) is 0 Å². The van der Waals surface area contributed by atoms with Crippen molar-refractivity contribution < 1.29 is 24.0 Å². The van der Waals surface area contributed by atoms with Crippen molar-refractivity contribution in [1.82, 2.24) is 10.6 Å². The molecule has 1 atom stereocenters. The molecular formula is C17H25N3O6. The lowest BCUT2D eigenvalue weighted by molar-refractivity contribution is -0.384. The largest absolute Gasteiger partial charge is 0.444 e. The quantitative estimate of drug-likeness (QED) is 0.411. The van der Waals surface area contributed by atoms with E-state index in [0.29, 0.717) is 18.7 Å². The third-order valence-corrected chi connectivity index (χ3v) is 3.20. The molecule has 0 heterocycles. The number of alkyl carbamates (subject to hydrolysis) is 1. The molecule has 144 valence electrons. The van der Waals surface area contributed by atoms with E-state index in [9.17, 15) is 19.7 Å². The molecular weight excluding hydrogens is 342 g/mol. The average Bonchev–Trinajstić information content (AvgIpc) is 2.53. The highest BCUT2D eigenvalue weighted by atomic mass is 16.6. The Hall–Kier alpha value is -2.68. The molecule has 0 saturated carbocycles. The van der Waals surface area contributed by atoms with E-state index >= 15 is 0 Å². The summed E-state index contributed by atoms with van der Waals surface area (Å²) in [6.07, 6.45) is -0.554. The SMILES string of the molecule is COCCNC(=O)[C@H](Cc1ccc([N+](=O)[O-])cc1)NC(=O)OC(C)(C)C. The predicted octanol–water partition coefficient (Wildman–Crippen LogP) is 1.79. The summed E-state index contributed by atoms with van der Waals surface area (Å²) in [7, 11) is 1.51. The number of hydrogen-bond donors (Lipinski definition) is 2. The van der Waals surface area contributed by atoms with E-state index < -0.39 is 28.6 Å². The van der Waals surface area contributed by atoms with Crippen LogP contribution in [0, 0.1) is 10.1 Å². The first-order chi connectivity index (χ1) is 12.1. The Balaban J connectivity index is 2.83. The molecule has 2 N–H and O–H groups in total. The lowest BCUT2D eigenvalue weighted by Gasteiger charge is -2.23. The highest BCUT2D eigenvalue weighted by molar-refractivity contribution is 5.86. The Morgan fingerprint density at radius 2 is 1.85 bits per heavy atom. The van der Waals surface area contributed by atoms with Gasteiger partial charge >= 0.3 is 6.09 Å². The van der Waals surface area contributed by atoms with E-state index in [1.165, 1.54) is 19.2 Å².